The van der Waals surface area contributed by atoms with Gasteiger partial charge < -0.3 is 84.9 Å². The van der Waals surface area contributed by atoms with E-state index in [1.54, 1.807) is 44.2 Å². The number of carboxylic acids is 1. The zero-order valence-corrected chi connectivity index (χ0v) is 45.3. The number of nitrogens with two attached hydrogens (primary N) is 2. The Hall–Kier alpha value is -8.50. The van der Waals surface area contributed by atoms with Crippen molar-refractivity contribution in [2.45, 2.75) is 134 Å². The maximum Gasteiger partial charge on any atom is 0.322 e. The van der Waals surface area contributed by atoms with E-state index in [0.717, 1.165) is 0 Å². The number of hydrogen-bond donors (Lipinski definition) is 16. The van der Waals surface area contributed by atoms with Crippen LogP contribution in [0, 0.1) is 5.92 Å². The number of carboxylic acid groups (broad SMARTS) is 1. The molecule has 28 heteroatoms. The Morgan fingerprint density at radius 2 is 1.10 bits per heavy atom. The van der Waals surface area contributed by atoms with Gasteiger partial charge in [-0.15, -0.1) is 0 Å². The molecule has 0 unspecified atom stereocenters. The minimum atomic E-state index is -1.75. The molecule has 438 valence electrons. The van der Waals surface area contributed by atoms with Crippen molar-refractivity contribution in [3.05, 3.63) is 83.9 Å². The summed E-state index contributed by atoms with van der Waals surface area (Å²) in [5.74, 6) is -9.96. The first-order chi connectivity index (χ1) is 37.9. The van der Waals surface area contributed by atoms with Crippen molar-refractivity contribution in [2.24, 2.45) is 17.4 Å². The topological polar surface area (TPSA) is 449 Å². The number of carbonyl (C=O) groups is 11. The predicted octanol–water partition coefficient (Wildman–Crippen LogP) is -4.11. The van der Waals surface area contributed by atoms with Gasteiger partial charge in [0.15, 0.2) is 0 Å². The molecule has 1 aromatic heterocycles. The maximum absolute atomic E-state index is 14.1. The average molecular weight is 1120 g/mol. The maximum atomic E-state index is 14.1. The molecule has 0 aliphatic rings. The molecule has 0 aliphatic carbocycles. The molecule has 28 nitrogen and oxygen atoms in total. The van der Waals surface area contributed by atoms with E-state index in [2.05, 4.69) is 63.1 Å². The van der Waals surface area contributed by atoms with Gasteiger partial charge in [0.1, 0.15) is 54.6 Å². The number of carbonyl (C=O) groups excluding carboxylic acids is 10. The van der Waals surface area contributed by atoms with E-state index in [1.165, 1.54) is 57.6 Å². The van der Waals surface area contributed by atoms with Crippen LogP contribution in [0.15, 0.2) is 67.1 Å². The fourth-order valence-corrected chi connectivity index (χ4v) is 7.66. The number of nitrogens with one attached hydrogen (secondary N) is 11. The Morgan fingerprint density at radius 1 is 0.562 bits per heavy atom. The molecule has 18 N–H and O–H groups in total. The summed E-state index contributed by atoms with van der Waals surface area (Å²) < 4.78 is 0. The zero-order valence-electron chi connectivity index (χ0n) is 45.3. The minimum absolute atomic E-state index is 0.0507. The second-order valence-corrected chi connectivity index (χ2v) is 19.5. The van der Waals surface area contributed by atoms with E-state index in [4.69, 9.17) is 16.6 Å². The van der Waals surface area contributed by atoms with Crippen molar-refractivity contribution in [1.29, 1.82) is 0 Å². The quantitative estimate of drug-likeness (QED) is 0.0253. The van der Waals surface area contributed by atoms with Gasteiger partial charge in [0.05, 0.1) is 31.6 Å². The van der Waals surface area contributed by atoms with Gasteiger partial charge in [-0.3, -0.25) is 52.7 Å². The number of unbranched alkanes of at least 4 members (excludes halogenated alkanes) is 1. The van der Waals surface area contributed by atoms with Gasteiger partial charge in [0, 0.05) is 31.2 Å². The Morgan fingerprint density at radius 3 is 1.66 bits per heavy atom. The molecular weight excluding hydrogens is 1040 g/mol. The van der Waals surface area contributed by atoms with Gasteiger partial charge in [0.2, 0.25) is 59.1 Å². The molecule has 9 atom stereocenters. The number of hydrogen-bond acceptors (Lipinski definition) is 16. The number of aromatic hydroxyl groups is 1. The molecule has 2 aromatic carbocycles. The zero-order chi connectivity index (χ0) is 59.5. The van der Waals surface area contributed by atoms with Gasteiger partial charge in [-0.1, -0.05) is 56.3 Å². The van der Waals surface area contributed by atoms with Crippen LogP contribution >= 0.6 is 0 Å². The van der Waals surface area contributed by atoms with Crippen molar-refractivity contribution < 1.29 is 68.1 Å². The predicted molar refractivity (Wildman–Crippen MR) is 288 cm³/mol. The van der Waals surface area contributed by atoms with E-state index in [-0.39, 0.29) is 43.8 Å². The summed E-state index contributed by atoms with van der Waals surface area (Å²) in [5.41, 5.74) is 12.8. The number of aliphatic carboxylic acids is 1. The van der Waals surface area contributed by atoms with Gasteiger partial charge in [-0.05, 0) is 82.2 Å². The third-order valence-corrected chi connectivity index (χ3v) is 12.0. The number of aromatic nitrogens is 2. The molecule has 1 heterocycles. The Labute approximate surface area is 462 Å². The molecule has 0 spiro atoms. The van der Waals surface area contributed by atoms with Gasteiger partial charge in [-0.2, -0.15) is 0 Å². The van der Waals surface area contributed by atoms with Crippen molar-refractivity contribution in [3.63, 3.8) is 0 Å². The number of phenolic OH excluding ortho intramolecular Hbond substituents is 1. The van der Waals surface area contributed by atoms with Crippen LogP contribution in [0.5, 0.6) is 5.75 Å². The van der Waals surface area contributed by atoms with Gasteiger partial charge >= 0.3 is 5.97 Å². The Kier molecular flexibility index (Phi) is 27.7. The number of imidazole rings is 1. The first-order valence-corrected chi connectivity index (χ1v) is 25.9. The molecule has 10 amide bonds. The summed E-state index contributed by atoms with van der Waals surface area (Å²) in [6, 6.07) is 3.51. The monoisotopic (exact) mass is 1120 g/mol. The molecule has 0 saturated heterocycles. The highest BCUT2D eigenvalue weighted by molar-refractivity contribution is 5.98. The summed E-state index contributed by atoms with van der Waals surface area (Å²) >= 11 is 0. The average Bonchev–Trinajstić information content (AvgIpc) is 3.94. The highest BCUT2D eigenvalue weighted by Crippen LogP contribution is 2.13. The number of aliphatic hydroxyl groups excluding tert-OH is 1. The summed E-state index contributed by atoms with van der Waals surface area (Å²) in [5, 5.41) is 54.2. The van der Waals surface area contributed by atoms with Crippen molar-refractivity contribution >= 4 is 65.0 Å². The second kappa shape index (κ2) is 33.7. The van der Waals surface area contributed by atoms with Crippen molar-refractivity contribution in [2.75, 3.05) is 26.2 Å². The number of aromatic amines is 1. The van der Waals surface area contributed by atoms with Crippen LogP contribution in [0.25, 0.3) is 0 Å². The molecule has 0 fully saturated rings. The van der Waals surface area contributed by atoms with Gasteiger partial charge in [-0.25, -0.2) is 4.98 Å². The molecule has 3 aromatic rings. The molecular formula is C52H76N14O14. The smallest absolute Gasteiger partial charge is 0.322 e. The lowest BCUT2D eigenvalue weighted by Gasteiger charge is -2.28. The van der Waals surface area contributed by atoms with E-state index < -0.39 is 139 Å². The third-order valence-electron chi connectivity index (χ3n) is 12.0. The normalized spacial score (nSPS) is 14.4. The van der Waals surface area contributed by atoms with Crippen molar-refractivity contribution in [1.82, 2.24) is 63.1 Å². The van der Waals surface area contributed by atoms with Gasteiger partial charge in [0.25, 0.3) is 0 Å². The number of H-pyrrole nitrogens is 1. The van der Waals surface area contributed by atoms with Crippen LogP contribution in [0.3, 0.4) is 0 Å². The third kappa shape index (κ3) is 24.0. The Balaban J connectivity index is 1.78. The summed E-state index contributed by atoms with van der Waals surface area (Å²) in [4.78, 5) is 152. The van der Waals surface area contributed by atoms with Crippen LogP contribution in [0.1, 0.15) is 77.1 Å². The molecule has 80 heavy (non-hydrogen) atoms. The fourth-order valence-electron chi connectivity index (χ4n) is 7.66. The molecule has 3 rings (SSSR count). The highest BCUT2D eigenvalue weighted by Gasteiger charge is 2.35. The first kappa shape index (κ1) is 65.8. The summed E-state index contributed by atoms with van der Waals surface area (Å²) in [6.07, 6.45) is 1.95. The molecule has 0 bridgehead atoms. The summed E-state index contributed by atoms with van der Waals surface area (Å²) in [7, 11) is 0. The van der Waals surface area contributed by atoms with E-state index >= 15 is 0 Å². The van der Waals surface area contributed by atoms with E-state index in [1.807, 2.05) is 0 Å². The molecule has 0 saturated carbocycles. The number of nitrogens with zero attached hydrogens (tertiary/aromatic N) is 1. The minimum Gasteiger partial charge on any atom is -0.508 e. The number of aliphatic hydroxyl groups is 1. The molecule has 0 aliphatic heterocycles. The Bertz CT molecular complexity index is 2550. The molecule has 0 radical (unpaired) electrons. The lowest BCUT2D eigenvalue weighted by molar-refractivity contribution is -0.138. The summed E-state index contributed by atoms with van der Waals surface area (Å²) in [6.45, 7) is 5.81. The van der Waals surface area contributed by atoms with Crippen LogP contribution in [-0.2, 0) is 72.0 Å². The fraction of sp³-hybridized carbons (Fsp3) is 0.500. The van der Waals surface area contributed by atoms with Crippen LogP contribution < -0.4 is 64.6 Å². The lowest BCUT2D eigenvalue weighted by atomic mass is 10.0. The van der Waals surface area contributed by atoms with Crippen LogP contribution in [0.4, 0.5) is 0 Å². The lowest BCUT2D eigenvalue weighted by Crippen LogP contribution is -2.62. The second-order valence-electron chi connectivity index (χ2n) is 19.5. The van der Waals surface area contributed by atoms with E-state index in [9.17, 15) is 63.0 Å². The number of amides is 10. The first-order valence-electron chi connectivity index (χ1n) is 25.9. The van der Waals surface area contributed by atoms with Crippen LogP contribution in [0.2, 0.25) is 0 Å². The SMILES string of the molecule is CC(C)C[C@H](NC(=O)[C@H](CCCCN)NC(=O)[C@H](C)N)C(=O)N[C@@H](Cc1cnc[nH]1)C(=O)N[C@H](C(=O)N[C@@H](C)C(=O)N[C@@H](Cc1ccc(O)cc1)C(=O)NCC(=O)N[C@@H](Cc1ccccc1)C(=O)NCC(=O)NCC(=O)O)[C@@H](C)O. The number of rotatable bonds is 34. The van der Waals surface area contributed by atoms with Crippen LogP contribution in [-0.4, -0.2) is 171 Å². The number of benzene rings is 2. The van der Waals surface area contributed by atoms with Crippen molar-refractivity contribution in [3.8, 4) is 5.75 Å². The standard InChI is InChI=1S/C52H76N14O14/c1-28(2)19-37(64-49(77)36(13-9-10-18-53)62-45(73)29(3)54)50(78)65-40(22-34-23-55-27-59-34)51(79)66-44(31(5)67)52(80)60-30(4)46(74)63-39(21-33-14-16-35(68)17-15-33)48(76)58-25-42(70)61-38(20-32-11-7-6-8-12-32)47(75)57-24-41(69)56-26-43(71)72/h6-8,11-12,14-17,23,27-31,36-40,44,67-68H,9-10,13,18-22,24-26,53-54H2,1-5H3,(H,55,59)(H,56,69)(H,57,75)(H,58,76)(H,60,80)(H,61,70)(H,62,73)(H,63,74)(H,64,77)(H,65,78)(H,66,79)(H,71,72)/t29-,30-,31+,36-,37-,38-,39-,40-,44-/m0/s1. The number of phenols is 1. The largest absolute Gasteiger partial charge is 0.508 e. The highest BCUT2D eigenvalue weighted by atomic mass is 16.4. The van der Waals surface area contributed by atoms with E-state index in [0.29, 0.717) is 36.2 Å².